The molecule has 1 saturated heterocycles. The van der Waals surface area contributed by atoms with Crippen LogP contribution in [0.15, 0.2) is 54.6 Å². The molecule has 3 amide bonds. The van der Waals surface area contributed by atoms with Crippen molar-refractivity contribution in [2.45, 2.75) is 12.6 Å². The van der Waals surface area contributed by atoms with Gasteiger partial charge in [0.05, 0.1) is 19.7 Å². The van der Waals surface area contributed by atoms with E-state index in [1.165, 1.54) is 0 Å². The quantitative estimate of drug-likeness (QED) is 0.727. The van der Waals surface area contributed by atoms with Crippen LogP contribution in [0.4, 0.5) is 0 Å². The van der Waals surface area contributed by atoms with Crippen LogP contribution in [0.1, 0.15) is 17.2 Å². The molecule has 0 radical (unpaired) electrons. The van der Waals surface area contributed by atoms with Crippen molar-refractivity contribution in [2.24, 2.45) is 0 Å². The molecule has 2 aromatic rings. The Morgan fingerprint density at radius 3 is 2.45 bits per heavy atom. The van der Waals surface area contributed by atoms with Gasteiger partial charge in [0.1, 0.15) is 6.10 Å². The van der Waals surface area contributed by atoms with Gasteiger partial charge in [-0.3, -0.25) is 14.4 Å². The lowest BCUT2D eigenvalue weighted by Gasteiger charge is -2.33. The second kappa shape index (κ2) is 10.0. The Kier molecular flexibility index (Phi) is 7.21. The highest BCUT2D eigenvalue weighted by Crippen LogP contribution is 2.21. The number of nitrogens with zero attached hydrogens (tertiary/aromatic N) is 1. The molecule has 0 saturated carbocycles. The molecule has 0 spiro atoms. The zero-order valence-electron chi connectivity index (χ0n) is 15.8. The first-order valence-corrected chi connectivity index (χ1v) is 9.66. The maximum absolute atomic E-state index is 12.4. The van der Waals surface area contributed by atoms with Crippen LogP contribution in [0.2, 0.25) is 5.02 Å². The molecule has 1 atom stereocenters. The van der Waals surface area contributed by atoms with Crippen molar-refractivity contribution in [1.29, 1.82) is 0 Å². The van der Waals surface area contributed by atoms with Crippen LogP contribution in [0.25, 0.3) is 0 Å². The van der Waals surface area contributed by atoms with Crippen molar-refractivity contribution >= 4 is 29.3 Å². The molecule has 0 aromatic heterocycles. The maximum Gasteiger partial charge on any atom is 0.309 e. The molecule has 1 fully saturated rings. The molecule has 2 N–H and O–H groups in total. The molecule has 1 aliphatic heterocycles. The normalized spacial score (nSPS) is 16.2. The van der Waals surface area contributed by atoms with E-state index in [0.29, 0.717) is 30.3 Å². The van der Waals surface area contributed by atoms with E-state index < -0.39 is 11.8 Å². The summed E-state index contributed by atoms with van der Waals surface area (Å²) in [6, 6.07) is 16.7. The number of amides is 3. The van der Waals surface area contributed by atoms with E-state index in [-0.39, 0.29) is 25.1 Å². The van der Waals surface area contributed by atoms with Crippen molar-refractivity contribution in [3.05, 3.63) is 70.7 Å². The van der Waals surface area contributed by atoms with Gasteiger partial charge in [-0.25, -0.2) is 0 Å². The van der Waals surface area contributed by atoms with Crippen molar-refractivity contribution < 1.29 is 19.1 Å². The van der Waals surface area contributed by atoms with E-state index in [2.05, 4.69) is 10.6 Å². The number of carbonyl (C=O) groups excluding carboxylic acids is 3. The summed E-state index contributed by atoms with van der Waals surface area (Å²) in [5.41, 5.74) is 1.69. The topological polar surface area (TPSA) is 87.7 Å². The van der Waals surface area contributed by atoms with Crippen LogP contribution in [0, 0.1) is 0 Å². The highest BCUT2D eigenvalue weighted by atomic mass is 35.5. The Bertz CT molecular complexity index is 875. The third-order valence-corrected chi connectivity index (χ3v) is 4.96. The molecule has 0 bridgehead atoms. The van der Waals surface area contributed by atoms with Gasteiger partial charge in [-0.15, -0.1) is 0 Å². The van der Waals surface area contributed by atoms with E-state index in [9.17, 15) is 14.4 Å². The summed E-state index contributed by atoms with van der Waals surface area (Å²) in [5.74, 6) is -1.94. The highest BCUT2D eigenvalue weighted by Gasteiger charge is 2.26. The van der Waals surface area contributed by atoms with Gasteiger partial charge in [0.25, 0.3) is 0 Å². The summed E-state index contributed by atoms with van der Waals surface area (Å²) in [4.78, 5) is 38.0. The number of morpholine rings is 1. The Balaban J connectivity index is 1.45. The van der Waals surface area contributed by atoms with E-state index in [4.69, 9.17) is 16.3 Å². The van der Waals surface area contributed by atoms with E-state index in [0.717, 1.165) is 5.56 Å². The lowest BCUT2D eigenvalue weighted by molar-refractivity contribution is -0.142. The van der Waals surface area contributed by atoms with Crippen molar-refractivity contribution in [2.75, 3.05) is 26.2 Å². The molecular formula is C21H22ClN3O4. The Hall–Kier alpha value is -2.90. The smallest absolute Gasteiger partial charge is 0.309 e. The minimum absolute atomic E-state index is 0.127. The van der Waals surface area contributed by atoms with Crippen LogP contribution < -0.4 is 10.6 Å². The molecule has 8 heteroatoms. The standard InChI is InChI=1S/C21H22ClN3O4/c22-17-9-5-4-8-16(17)12-23-20(27)21(28)24-13-19(26)25-10-11-29-18(14-25)15-6-2-1-3-7-15/h1-9,18H,10-14H2,(H,23,27)(H,24,28)/t18-/m1/s1. The predicted octanol–water partition coefficient (Wildman–Crippen LogP) is 1.67. The molecule has 7 nitrogen and oxygen atoms in total. The number of ether oxygens (including phenoxy) is 1. The second-order valence-corrected chi connectivity index (χ2v) is 6.97. The summed E-state index contributed by atoms with van der Waals surface area (Å²) in [6.07, 6.45) is -0.205. The van der Waals surface area contributed by atoms with Gasteiger partial charge in [0.15, 0.2) is 0 Å². The average molecular weight is 416 g/mol. The first-order chi connectivity index (χ1) is 14.0. The maximum atomic E-state index is 12.4. The number of benzene rings is 2. The zero-order valence-corrected chi connectivity index (χ0v) is 16.5. The Morgan fingerprint density at radius 1 is 1.00 bits per heavy atom. The molecule has 3 rings (SSSR count). The third kappa shape index (κ3) is 5.79. The van der Waals surface area contributed by atoms with E-state index in [1.54, 1.807) is 29.2 Å². The number of carbonyl (C=O) groups is 3. The summed E-state index contributed by atoms with van der Waals surface area (Å²) in [6.45, 7) is 1.13. The Morgan fingerprint density at radius 2 is 1.69 bits per heavy atom. The van der Waals surface area contributed by atoms with Crippen molar-refractivity contribution in [3.63, 3.8) is 0 Å². The van der Waals surface area contributed by atoms with E-state index >= 15 is 0 Å². The minimum Gasteiger partial charge on any atom is -0.370 e. The number of rotatable bonds is 5. The zero-order chi connectivity index (χ0) is 20.6. The van der Waals surface area contributed by atoms with E-state index in [1.807, 2.05) is 30.3 Å². The van der Waals surface area contributed by atoms with Crippen molar-refractivity contribution in [3.8, 4) is 0 Å². The monoisotopic (exact) mass is 415 g/mol. The van der Waals surface area contributed by atoms with Crippen LogP contribution in [-0.2, 0) is 25.7 Å². The molecule has 1 aliphatic rings. The van der Waals surface area contributed by atoms with Crippen LogP contribution in [0.5, 0.6) is 0 Å². The highest BCUT2D eigenvalue weighted by molar-refractivity contribution is 6.35. The average Bonchev–Trinajstić information content (AvgIpc) is 2.77. The fourth-order valence-corrected chi connectivity index (χ4v) is 3.19. The van der Waals surface area contributed by atoms with Crippen LogP contribution in [-0.4, -0.2) is 48.9 Å². The summed E-state index contributed by atoms with van der Waals surface area (Å²) in [7, 11) is 0. The number of hydrogen-bond donors (Lipinski definition) is 2. The van der Waals surface area contributed by atoms with Crippen molar-refractivity contribution in [1.82, 2.24) is 15.5 Å². The van der Waals surface area contributed by atoms with Crippen LogP contribution in [0.3, 0.4) is 0 Å². The summed E-state index contributed by atoms with van der Waals surface area (Å²) >= 11 is 6.02. The molecular weight excluding hydrogens is 394 g/mol. The molecule has 1 heterocycles. The first kappa shape index (κ1) is 20.8. The van der Waals surface area contributed by atoms with Gasteiger partial charge >= 0.3 is 11.8 Å². The molecule has 152 valence electrons. The van der Waals surface area contributed by atoms with Gasteiger partial charge in [-0.05, 0) is 17.2 Å². The second-order valence-electron chi connectivity index (χ2n) is 6.57. The number of hydrogen-bond acceptors (Lipinski definition) is 4. The lowest BCUT2D eigenvalue weighted by atomic mass is 10.1. The lowest BCUT2D eigenvalue weighted by Crippen LogP contribution is -2.48. The van der Waals surface area contributed by atoms with Gasteiger partial charge in [0.2, 0.25) is 5.91 Å². The fraction of sp³-hybridized carbons (Fsp3) is 0.286. The van der Waals surface area contributed by atoms with Gasteiger partial charge in [0, 0.05) is 18.1 Å². The summed E-state index contributed by atoms with van der Waals surface area (Å²) < 4.78 is 5.74. The number of nitrogens with one attached hydrogen (secondary N) is 2. The van der Waals surface area contributed by atoms with Gasteiger partial charge in [-0.2, -0.15) is 0 Å². The molecule has 0 aliphatic carbocycles. The third-order valence-electron chi connectivity index (χ3n) is 4.59. The van der Waals surface area contributed by atoms with Gasteiger partial charge < -0.3 is 20.3 Å². The fourth-order valence-electron chi connectivity index (χ4n) is 2.99. The minimum atomic E-state index is -0.863. The predicted molar refractivity (Wildman–Crippen MR) is 108 cm³/mol. The molecule has 29 heavy (non-hydrogen) atoms. The van der Waals surface area contributed by atoms with Gasteiger partial charge in [-0.1, -0.05) is 60.1 Å². The Labute approximate surface area is 174 Å². The summed E-state index contributed by atoms with van der Waals surface area (Å²) in [5, 5.41) is 5.36. The number of halogens is 1. The SMILES string of the molecule is O=C(NCC(=O)N1CCO[C@@H](c2ccccc2)C1)C(=O)NCc1ccccc1Cl. The first-order valence-electron chi connectivity index (χ1n) is 9.28. The van der Waals surface area contributed by atoms with Crippen LogP contribution >= 0.6 is 11.6 Å². The molecule has 2 aromatic carbocycles. The largest absolute Gasteiger partial charge is 0.370 e. The molecule has 0 unspecified atom stereocenters.